The number of nitrogens with zero attached hydrogens (tertiary/aromatic N) is 2. The number of nitrogens with two attached hydrogens (primary N) is 1. The van der Waals surface area contributed by atoms with E-state index in [-0.39, 0.29) is 0 Å². The van der Waals surface area contributed by atoms with Gasteiger partial charge in [0.1, 0.15) is 12.4 Å². The Labute approximate surface area is 86.9 Å². The lowest BCUT2D eigenvalue weighted by Gasteiger charge is -2.05. The summed E-state index contributed by atoms with van der Waals surface area (Å²) in [5.41, 5.74) is 6.36. The molecule has 15 heavy (non-hydrogen) atoms. The van der Waals surface area contributed by atoms with Gasteiger partial charge in [0.25, 0.3) is 0 Å². The van der Waals surface area contributed by atoms with Crippen LogP contribution in [-0.4, -0.2) is 10.2 Å². The Morgan fingerprint density at radius 2 is 2.33 bits per heavy atom. The highest BCUT2D eigenvalue weighted by Crippen LogP contribution is 2.14. The smallest absolute Gasteiger partial charge is 0.238 e. The van der Waals surface area contributed by atoms with Crippen molar-refractivity contribution >= 4 is 0 Å². The van der Waals surface area contributed by atoms with Crippen LogP contribution in [0.15, 0.2) is 35.1 Å². The molecule has 0 saturated carbocycles. The zero-order valence-electron chi connectivity index (χ0n) is 8.09. The Kier molecular flexibility index (Phi) is 2.94. The average molecular weight is 205 g/mol. The van der Waals surface area contributed by atoms with Crippen molar-refractivity contribution in [1.29, 1.82) is 0 Å². The molecule has 2 heterocycles. The van der Waals surface area contributed by atoms with E-state index >= 15 is 0 Å². The zero-order valence-corrected chi connectivity index (χ0v) is 8.09. The Morgan fingerprint density at radius 1 is 1.40 bits per heavy atom. The minimum Gasteiger partial charge on any atom is -0.468 e. The van der Waals surface area contributed by atoms with Crippen LogP contribution < -0.4 is 10.5 Å². The fraction of sp³-hybridized carbons (Fsp3) is 0.200. The lowest BCUT2D eigenvalue weighted by Crippen LogP contribution is -2.04. The summed E-state index contributed by atoms with van der Waals surface area (Å²) in [7, 11) is 0. The first-order valence-electron chi connectivity index (χ1n) is 4.56. The maximum atomic E-state index is 5.53. The molecule has 2 N–H and O–H groups in total. The van der Waals surface area contributed by atoms with Crippen LogP contribution in [0.5, 0.6) is 5.88 Å². The van der Waals surface area contributed by atoms with Gasteiger partial charge in [0.05, 0.1) is 12.5 Å². The summed E-state index contributed by atoms with van der Waals surface area (Å²) in [5, 5.41) is 7.59. The summed E-state index contributed by atoms with van der Waals surface area (Å²) in [5.74, 6) is 1.19. The van der Waals surface area contributed by atoms with E-state index in [0.29, 0.717) is 19.0 Å². The van der Waals surface area contributed by atoms with E-state index in [2.05, 4.69) is 10.2 Å². The fourth-order valence-electron chi connectivity index (χ4n) is 1.16. The van der Waals surface area contributed by atoms with Crippen LogP contribution >= 0.6 is 0 Å². The van der Waals surface area contributed by atoms with Crippen LogP contribution in [-0.2, 0) is 13.2 Å². The summed E-state index contributed by atoms with van der Waals surface area (Å²) < 4.78 is 10.5. The van der Waals surface area contributed by atoms with E-state index in [9.17, 15) is 0 Å². The largest absolute Gasteiger partial charge is 0.468 e. The third-order valence-corrected chi connectivity index (χ3v) is 1.92. The van der Waals surface area contributed by atoms with Crippen LogP contribution in [0.25, 0.3) is 0 Å². The summed E-state index contributed by atoms with van der Waals surface area (Å²) in [6.07, 6.45) is 3.18. The van der Waals surface area contributed by atoms with Crippen LogP contribution in [0.1, 0.15) is 11.3 Å². The zero-order chi connectivity index (χ0) is 10.5. The van der Waals surface area contributed by atoms with Crippen molar-refractivity contribution in [1.82, 2.24) is 10.2 Å². The van der Waals surface area contributed by atoms with E-state index in [0.717, 1.165) is 11.3 Å². The quantitative estimate of drug-likeness (QED) is 0.809. The Morgan fingerprint density at radius 3 is 3.07 bits per heavy atom. The molecule has 78 valence electrons. The highest BCUT2D eigenvalue weighted by Gasteiger charge is 2.04. The van der Waals surface area contributed by atoms with Crippen molar-refractivity contribution < 1.29 is 9.15 Å². The number of aromatic nitrogens is 2. The summed E-state index contributed by atoms with van der Waals surface area (Å²) in [6.45, 7) is 0.710. The Bertz CT molecular complexity index is 414. The average Bonchev–Trinajstić information content (AvgIpc) is 2.79. The van der Waals surface area contributed by atoms with E-state index < -0.39 is 0 Å². The molecule has 0 radical (unpaired) electrons. The van der Waals surface area contributed by atoms with Gasteiger partial charge >= 0.3 is 0 Å². The fourth-order valence-corrected chi connectivity index (χ4v) is 1.16. The van der Waals surface area contributed by atoms with Crippen molar-refractivity contribution in [3.8, 4) is 5.88 Å². The summed E-state index contributed by atoms with van der Waals surface area (Å²) in [4.78, 5) is 0. The molecule has 0 aliphatic carbocycles. The molecule has 0 bridgehead atoms. The van der Waals surface area contributed by atoms with Crippen LogP contribution in [0.4, 0.5) is 0 Å². The van der Waals surface area contributed by atoms with Crippen molar-refractivity contribution in [3.05, 3.63) is 42.0 Å². The number of ether oxygens (including phenoxy) is 1. The van der Waals surface area contributed by atoms with E-state index in [4.69, 9.17) is 14.9 Å². The van der Waals surface area contributed by atoms with Gasteiger partial charge in [0.2, 0.25) is 5.88 Å². The van der Waals surface area contributed by atoms with Crippen molar-refractivity contribution in [3.63, 3.8) is 0 Å². The number of rotatable bonds is 4. The van der Waals surface area contributed by atoms with Gasteiger partial charge in [-0.05, 0) is 18.2 Å². The second-order valence-corrected chi connectivity index (χ2v) is 2.93. The third-order valence-electron chi connectivity index (χ3n) is 1.92. The second-order valence-electron chi connectivity index (χ2n) is 2.93. The molecule has 2 aromatic heterocycles. The van der Waals surface area contributed by atoms with Gasteiger partial charge in [0.15, 0.2) is 0 Å². The van der Waals surface area contributed by atoms with Crippen LogP contribution in [0, 0.1) is 0 Å². The SMILES string of the molecule is NCc1ccnnc1OCc1ccco1. The van der Waals surface area contributed by atoms with E-state index in [1.165, 1.54) is 0 Å². The van der Waals surface area contributed by atoms with Gasteiger partial charge in [-0.25, -0.2) is 0 Å². The first-order chi connectivity index (χ1) is 7.40. The molecule has 0 spiro atoms. The summed E-state index contributed by atoms with van der Waals surface area (Å²) >= 11 is 0. The minimum absolute atomic E-state index is 0.332. The maximum absolute atomic E-state index is 5.53. The van der Waals surface area contributed by atoms with E-state index in [1.54, 1.807) is 24.6 Å². The first-order valence-corrected chi connectivity index (χ1v) is 4.56. The maximum Gasteiger partial charge on any atom is 0.238 e. The van der Waals surface area contributed by atoms with Gasteiger partial charge in [-0.15, -0.1) is 5.10 Å². The normalized spacial score (nSPS) is 10.2. The lowest BCUT2D eigenvalue weighted by atomic mass is 10.3. The molecule has 0 saturated heterocycles. The van der Waals surface area contributed by atoms with Gasteiger partial charge in [-0.2, -0.15) is 5.10 Å². The molecule has 0 atom stereocenters. The van der Waals surface area contributed by atoms with Gasteiger partial charge < -0.3 is 14.9 Å². The predicted molar refractivity (Wildman–Crippen MR) is 53.0 cm³/mol. The molecular weight excluding hydrogens is 194 g/mol. The van der Waals surface area contributed by atoms with Crippen molar-refractivity contribution in [2.24, 2.45) is 5.73 Å². The van der Waals surface area contributed by atoms with Gasteiger partial charge in [-0.3, -0.25) is 0 Å². The Hall–Kier alpha value is -1.88. The van der Waals surface area contributed by atoms with Gasteiger partial charge in [-0.1, -0.05) is 0 Å². The second kappa shape index (κ2) is 4.56. The number of furan rings is 1. The summed E-state index contributed by atoms with van der Waals surface area (Å²) in [6, 6.07) is 5.42. The molecule has 0 amide bonds. The predicted octanol–water partition coefficient (Wildman–Crippen LogP) is 1.11. The van der Waals surface area contributed by atoms with Crippen LogP contribution in [0.2, 0.25) is 0 Å². The standard InChI is InChI=1S/C10H11N3O2/c11-6-8-3-4-12-13-10(8)15-7-9-2-1-5-14-9/h1-5H,6-7,11H2. The number of hydrogen-bond donors (Lipinski definition) is 1. The highest BCUT2D eigenvalue weighted by molar-refractivity contribution is 5.22. The van der Waals surface area contributed by atoms with Crippen molar-refractivity contribution in [2.45, 2.75) is 13.2 Å². The van der Waals surface area contributed by atoms with Crippen LogP contribution in [0.3, 0.4) is 0 Å². The molecule has 0 fully saturated rings. The minimum atomic E-state index is 0.332. The number of hydrogen-bond acceptors (Lipinski definition) is 5. The van der Waals surface area contributed by atoms with Crippen molar-refractivity contribution in [2.75, 3.05) is 0 Å². The lowest BCUT2D eigenvalue weighted by molar-refractivity contribution is 0.255. The molecule has 0 unspecified atom stereocenters. The Balaban J connectivity index is 2.04. The van der Waals surface area contributed by atoms with E-state index in [1.807, 2.05) is 6.07 Å². The van der Waals surface area contributed by atoms with Gasteiger partial charge in [0, 0.05) is 12.1 Å². The topological polar surface area (TPSA) is 74.2 Å². The molecule has 2 aromatic rings. The molecule has 0 aliphatic heterocycles. The molecular formula is C10H11N3O2. The molecule has 0 aliphatic rings. The first kappa shape index (κ1) is 9.67. The molecule has 0 aromatic carbocycles. The third kappa shape index (κ3) is 2.32. The molecule has 5 nitrogen and oxygen atoms in total. The molecule has 2 rings (SSSR count). The highest BCUT2D eigenvalue weighted by atomic mass is 16.5. The monoisotopic (exact) mass is 205 g/mol. The molecule has 5 heteroatoms.